The van der Waals surface area contributed by atoms with Gasteiger partial charge in [-0.05, 0) is 0 Å². The van der Waals surface area contributed by atoms with Gasteiger partial charge in [0.1, 0.15) is 12.2 Å². The molecule has 0 bridgehead atoms. The van der Waals surface area contributed by atoms with E-state index in [-0.39, 0.29) is 0 Å². The molecule has 5 N–H and O–H groups in total. The smallest absolute Gasteiger partial charge is 0.386 e. The number of aliphatic hydroxyl groups excluding tert-OH is 1. The number of hydrogen-bond acceptors (Lipinski definition) is 12. The van der Waals surface area contributed by atoms with Crippen LogP contribution in [-0.4, -0.2) is 60.9 Å². The quantitative estimate of drug-likeness (QED) is 0.203. The molecule has 1 aromatic rings. The van der Waals surface area contributed by atoms with Crippen LogP contribution >= 0.6 is 23.2 Å². The standard InChI is InChI=1S/C10H16N3O14P3/c1-28(18,26-30(22,23)27-29(19,20)21)24-4-5-7(12-17)8(15)9(25-5)13-3-2-6(14)11-10(13)16/h2-3,5,7-9,15H,4H2,1H3,(H,22,23)(H,11,14,16)(H2,19,20,21). The highest BCUT2D eigenvalue weighted by Gasteiger charge is 2.47. The predicted octanol–water partition coefficient (Wildman–Crippen LogP) is -1.00. The molecular formula is C10H16N3O14P3. The molecule has 20 heteroatoms. The summed E-state index contributed by atoms with van der Waals surface area (Å²) in [4.78, 5) is 62.2. The van der Waals surface area contributed by atoms with Crippen LogP contribution in [0.25, 0.3) is 0 Å². The Hall–Kier alpha value is -1.35. The molecule has 1 saturated heterocycles. The normalized spacial score (nSPS) is 28.6. The Morgan fingerprint density at radius 2 is 1.87 bits per heavy atom. The topological polar surface area (TPSA) is 253 Å². The van der Waals surface area contributed by atoms with E-state index in [4.69, 9.17) is 19.0 Å². The lowest BCUT2D eigenvalue weighted by atomic mass is 10.1. The monoisotopic (exact) mass is 495 g/mol. The largest absolute Gasteiger partial charge is 0.488 e. The van der Waals surface area contributed by atoms with Crippen LogP contribution in [0.15, 0.2) is 27.0 Å². The molecule has 0 spiro atoms. The lowest BCUT2D eigenvalue weighted by Gasteiger charge is -2.20. The molecule has 30 heavy (non-hydrogen) atoms. The fourth-order valence-corrected chi connectivity index (χ4v) is 5.99. The number of ether oxygens (including phenoxy) is 1. The third-order valence-electron chi connectivity index (χ3n) is 3.52. The summed E-state index contributed by atoms with van der Waals surface area (Å²) in [7, 11) is -15.5. The summed E-state index contributed by atoms with van der Waals surface area (Å²) in [5, 5.41) is 12.8. The highest BCUT2D eigenvalue weighted by Crippen LogP contribution is 2.66. The maximum atomic E-state index is 12.2. The van der Waals surface area contributed by atoms with Crippen molar-refractivity contribution in [1.29, 1.82) is 0 Å². The fraction of sp³-hybridized carbons (Fsp3) is 0.600. The number of phosphoric acid groups is 2. The SMILES string of the molecule is CP(=O)(OCC1OC(n2ccc(=O)[nH]c2=O)C(O)C1N=O)OP(=O)(O)OP(=O)(O)O. The summed E-state index contributed by atoms with van der Waals surface area (Å²) in [6.07, 6.45) is -3.64. The minimum absolute atomic E-state index is 0.650. The van der Waals surface area contributed by atoms with Gasteiger partial charge in [-0.25, -0.2) is 18.2 Å². The van der Waals surface area contributed by atoms with Crippen LogP contribution in [0.3, 0.4) is 0 Å². The minimum Gasteiger partial charge on any atom is -0.386 e. The maximum Gasteiger partial charge on any atom is 0.488 e. The van der Waals surface area contributed by atoms with Gasteiger partial charge >= 0.3 is 28.9 Å². The second kappa shape index (κ2) is 9.02. The third kappa shape index (κ3) is 6.57. The van der Waals surface area contributed by atoms with Gasteiger partial charge < -0.3 is 29.0 Å². The summed E-state index contributed by atoms with van der Waals surface area (Å²) in [5.41, 5.74) is -1.71. The van der Waals surface area contributed by atoms with Gasteiger partial charge in [-0.3, -0.25) is 18.9 Å². The average molecular weight is 495 g/mol. The second-order valence-corrected chi connectivity index (χ2v) is 10.9. The molecule has 0 saturated carbocycles. The maximum absolute atomic E-state index is 12.2. The van der Waals surface area contributed by atoms with Crippen LogP contribution < -0.4 is 11.2 Å². The predicted molar refractivity (Wildman–Crippen MR) is 94.3 cm³/mol. The third-order valence-corrected chi connectivity index (χ3v) is 7.83. The lowest BCUT2D eigenvalue weighted by Crippen LogP contribution is -2.37. The number of aromatic nitrogens is 2. The van der Waals surface area contributed by atoms with Gasteiger partial charge in [0.05, 0.1) is 6.61 Å². The molecule has 0 aromatic carbocycles. The van der Waals surface area contributed by atoms with Crippen LogP contribution in [0, 0.1) is 4.91 Å². The van der Waals surface area contributed by atoms with E-state index in [9.17, 15) is 38.2 Å². The summed E-state index contributed by atoms with van der Waals surface area (Å²) in [6.45, 7) is -0.177. The molecule has 1 fully saturated rings. The molecule has 1 aliphatic heterocycles. The Balaban J connectivity index is 2.12. The molecule has 0 amide bonds. The number of aromatic amines is 1. The molecular weight excluding hydrogens is 479 g/mol. The van der Waals surface area contributed by atoms with E-state index in [1.165, 1.54) is 0 Å². The Morgan fingerprint density at radius 1 is 1.23 bits per heavy atom. The number of nitrogens with one attached hydrogen (secondary N) is 1. The van der Waals surface area contributed by atoms with Crippen molar-refractivity contribution in [1.82, 2.24) is 9.55 Å². The Bertz CT molecular complexity index is 1050. The van der Waals surface area contributed by atoms with Gasteiger partial charge in [-0.15, -0.1) is 0 Å². The molecule has 17 nitrogen and oxygen atoms in total. The molecule has 0 radical (unpaired) electrons. The van der Waals surface area contributed by atoms with E-state index in [2.05, 4.69) is 13.8 Å². The van der Waals surface area contributed by atoms with E-state index >= 15 is 0 Å². The van der Waals surface area contributed by atoms with Crippen LogP contribution in [0.1, 0.15) is 6.23 Å². The highest BCUT2D eigenvalue weighted by molar-refractivity contribution is 7.68. The number of rotatable bonds is 9. The minimum atomic E-state index is -5.51. The van der Waals surface area contributed by atoms with E-state index in [1.807, 2.05) is 4.98 Å². The van der Waals surface area contributed by atoms with Crippen LogP contribution in [-0.2, 0) is 31.6 Å². The van der Waals surface area contributed by atoms with Crippen LogP contribution in [0.2, 0.25) is 0 Å². The number of H-pyrrole nitrogens is 1. The van der Waals surface area contributed by atoms with Crippen LogP contribution in [0.5, 0.6) is 0 Å². The Labute approximate surface area is 165 Å². The first-order valence-electron chi connectivity index (χ1n) is 7.65. The van der Waals surface area contributed by atoms with Gasteiger partial charge in [0.15, 0.2) is 12.3 Å². The molecule has 170 valence electrons. The average Bonchev–Trinajstić information content (AvgIpc) is 2.85. The van der Waals surface area contributed by atoms with Crippen LogP contribution in [0.4, 0.5) is 0 Å². The second-order valence-electron chi connectivity index (χ2n) is 5.86. The summed E-state index contributed by atoms with van der Waals surface area (Å²) in [5.74, 6) is 0. The van der Waals surface area contributed by atoms with Crippen molar-refractivity contribution in [2.24, 2.45) is 5.18 Å². The molecule has 2 rings (SSSR count). The fourth-order valence-electron chi connectivity index (χ4n) is 2.42. The number of hydrogen-bond donors (Lipinski definition) is 5. The molecule has 0 aliphatic carbocycles. The zero-order valence-corrected chi connectivity index (χ0v) is 17.5. The van der Waals surface area contributed by atoms with Gasteiger partial charge in [0.2, 0.25) is 0 Å². The van der Waals surface area contributed by atoms with Crippen molar-refractivity contribution >= 4 is 23.2 Å². The van der Waals surface area contributed by atoms with Crippen molar-refractivity contribution in [3.05, 3.63) is 38.0 Å². The Morgan fingerprint density at radius 3 is 2.40 bits per heavy atom. The molecule has 1 aromatic heterocycles. The van der Waals surface area contributed by atoms with E-state index in [0.717, 1.165) is 16.8 Å². The lowest BCUT2D eigenvalue weighted by molar-refractivity contribution is -0.0509. The highest BCUT2D eigenvalue weighted by atomic mass is 31.3. The van der Waals surface area contributed by atoms with Crippen molar-refractivity contribution in [3.63, 3.8) is 0 Å². The first-order chi connectivity index (χ1) is 13.6. The summed E-state index contributed by atoms with van der Waals surface area (Å²) < 4.78 is 52.7. The summed E-state index contributed by atoms with van der Waals surface area (Å²) in [6, 6.07) is -0.612. The first-order valence-corrected chi connectivity index (χ1v) is 12.7. The van der Waals surface area contributed by atoms with E-state index in [1.54, 1.807) is 0 Å². The zero-order valence-electron chi connectivity index (χ0n) is 14.8. The van der Waals surface area contributed by atoms with Crippen molar-refractivity contribution in [2.45, 2.75) is 24.5 Å². The van der Waals surface area contributed by atoms with Gasteiger partial charge in [0.25, 0.3) is 5.56 Å². The molecule has 6 unspecified atom stereocenters. The summed E-state index contributed by atoms with van der Waals surface area (Å²) >= 11 is 0. The Kier molecular flexibility index (Phi) is 7.49. The van der Waals surface area contributed by atoms with Gasteiger partial charge in [-0.2, -0.15) is 9.22 Å². The molecule has 1 aliphatic rings. The van der Waals surface area contributed by atoms with E-state index < -0.39 is 65.6 Å². The van der Waals surface area contributed by atoms with Crippen molar-refractivity contribution in [2.75, 3.05) is 13.3 Å². The molecule has 6 atom stereocenters. The van der Waals surface area contributed by atoms with Crippen molar-refractivity contribution in [3.8, 4) is 0 Å². The number of nitroso groups, excluding NO2 is 1. The van der Waals surface area contributed by atoms with Gasteiger partial charge in [0, 0.05) is 18.9 Å². The first kappa shape index (κ1) is 24.9. The zero-order chi connectivity index (χ0) is 22.9. The molecule has 2 heterocycles. The van der Waals surface area contributed by atoms with E-state index in [0.29, 0.717) is 6.66 Å². The van der Waals surface area contributed by atoms with Crippen molar-refractivity contribution < 1.29 is 51.4 Å². The number of aliphatic hydroxyl groups is 1. The van der Waals surface area contributed by atoms with Gasteiger partial charge in [-0.1, -0.05) is 5.18 Å². The number of nitrogens with zero attached hydrogens (tertiary/aromatic N) is 2.